The van der Waals surface area contributed by atoms with Crippen LogP contribution in [-0.4, -0.2) is 22.5 Å². The fourth-order valence-electron chi connectivity index (χ4n) is 1.96. The van der Waals surface area contributed by atoms with E-state index in [0.717, 1.165) is 16.7 Å². The van der Waals surface area contributed by atoms with E-state index in [1.54, 1.807) is 11.8 Å². The van der Waals surface area contributed by atoms with Gasteiger partial charge in [0.1, 0.15) is 0 Å². The number of nitrogens with one attached hydrogen (secondary N) is 2. The molecule has 8 heteroatoms. The van der Waals surface area contributed by atoms with Crippen LogP contribution in [0.3, 0.4) is 0 Å². The van der Waals surface area contributed by atoms with Gasteiger partial charge >= 0.3 is 0 Å². The second-order valence-corrected chi connectivity index (χ2v) is 6.24. The summed E-state index contributed by atoms with van der Waals surface area (Å²) in [7, 11) is 0. The van der Waals surface area contributed by atoms with Crippen LogP contribution in [0.5, 0.6) is 0 Å². The molecule has 0 heterocycles. The average molecular weight is 359 g/mol. The van der Waals surface area contributed by atoms with Crippen LogP contribution >= 0.6 is 11.8 Å². The first-order valence-corrected chi connectivity index (χ1v) is 8.56. The summed E-state index contributed by atoms with van der Waals surface area (Å²) in [6, 6.07) is 15.2. The fraction of sp³-hybridized carbons (Fsp3) is 0.176. The summed E-state index contributed by atoms with van der Waals surface area (Å²) in [4.78, 5) is 34.9. The Bertz CT molecular complexity index is 753. The third-order valence-corrected chi connectivity index (χ3v) is 4.29. The van der Waals surface area contributed by atoms with Crippen molar-refractivity contribution in [2.24, 2.45) is 0 Å². The number of amides is 2. The third kappa shape index (κ3) is 6.27. The number of nitrogens with zero attached hydrogens (tertiary/aromatic N) is 1. The molecule has 0 saturated heterocycles. The molecule has 0 bridgehead atoms. The highest BCUT2D eigenvalue weighted by Crippen LogP contribution is 2.18. The van der Waals surface area contributed by atoms with Crippen LogP contribution in [0.1, 0.15) is 23.2 Å². The molecule has 0 aliphatic carbocycles. The van der Waals surface area contributed by atoms with Gasteiger partial charge in [0.15, 0.2) is 0 Å². The molecule has 0 radical (unpaired) electrons. The number of carbonyl (C=O) groups excluding carboxylic acids is 2. The van der Waals surface area contributed by atoms with Crippen molar-refractivity contribution in [3.05, 3.63) is 70.3 Å². The highest BCUT2D eigenvalue weighted by Gasteiger charge is 2.12. The molecule has 0 aromatic heterocycles. The standard InChI is InChI=1S/C17H17N3O4S/c21-16(10-5-11-25-15-8-2-1-3-9-15)18-19-17(22)13-6-4-7-14(12-13)20(23)24/h1-4,6-9,12H,5,10-11H2,(H,18,21)(H,19,22). The molecule has 130 valence electrons. The molecule has 2 rings (SSSR count). The van der Waals surface area contributed by atoms with Gasteiger partial charge in [-0.05, 0) is 30.4 Å². The van der Waals surface area contributed by atoms with Crippen molar-refractivity contribution in [2.75, 3.05) is 5.75 Å². The zero-order chi connectivity index (χ0) is 18.1. The van der Waals surface area contributed by atoms with E-state index in [2.05, 4.69) is 10.9 Å². The predicted molar refractivity (Wildman–Crippen MR) is 95.1 cm³/mol. The zero-order valence-corrected chi connectivity index (χ0v) is 14.1. The van der Waals surface area contributed by atoms with Gasteiger partial charge < -0.3 is 0 Å². The first-order chi connectivity index (χ1) is 12.1. The van der Waals surface area contributed by atoms with E-state index < -0.39 is 10.8 Å². The van der Waals surface area contributed by atoms with Gasteiger partial charge in [0.05, 0.1) is 4.92 Å². The van der Waals surface area contributed by atoms with Gasteiger partial charge in [-0.1, -0.05) is 24.3 Å². The number of carbonyl (C=O) groups is 2. The van der Waals surface area contributed by atoms with Gasteiger partial charge in [0, 0.05) is 29.0 Å². The number of hydrazine groups is 1. The summed E-state index contributed by atoms with van der Waals surface area (Å²) in [5.74, 6) is -0.126. The first-order valence-electron chi connectivity index (χ1n) is 7.58. The van der Waals surface area contributed by atoms with Gasteiger partial charge in [0.25, 0.3) is 11.6 Å². The Morgan fingerprint density at radius 1 is 1.04 bits per heavy atom. The minimum atomic E-state index is -0.601. The lowest BCUT2D eigenvalue weighted by molar-refractivity contribution is -0.384. The second kappa shape index (κ2) is 9.43. The molecule has 0 atom stereocenters. The van der Waals surface area contributed by atoms with Crippen LogP contribution in [-0.2, 0) is 4.79 Å². The number of nitro benzene ring substituents is 1. The van der Waals surface area contributed by atoms with E-state index in [-0.39, 0.29) is 23.6 Å². The van der Waals surface area contributed by atoms with E-state index in [0.29, 0.717) is 6.42 Å². The number of benzene rings is 2. The van der Waals surface area contributed by atoms with E-state index in [4.69, 9.17) is 0 Å². The molecule has 2 N–H and O–H groups in total. The summed E-state index contributed by atoms with van der Waals surface area (Å²) in [6.45, 7) is 0. The fourth-order valence-corrected chi connectivity index (χ4v) is 2.84. The summed E-state index contributed by atoms with van der Waals surface area (Å²) >= 11 is 1.66. The summed E-state index contributed by atoms with van der Waals surface area (Å²) < 4.78 is 0. The van der Waals surface area contributed by atoms with E-state index in [9.17, 15) is 19.7 Å². The molecule has 0 unspecified atom stereocenters. The van der Waals surface area contributed by atoms with Crippen molar-refractivity contribution < 1.29 is 14.5 Å². The lowest BCUT2D eigenvalue weighted by Crippen LogP contribution is -2.41. The number of hydrogen-bond donors (Lipinski definition) is 2. The van der Waals surface area contributed by atoms with Crippen molar-refractivity contribution in [1.82, 2.24) is 10.9 Å². The Hall–Kier alpha value is -2.87. The molecule has 7 nitrogen and oxygen atoms in total. The molecular weight excluding hydrogens is 342 g/mol. The minimum absolute atomic E-state index is 0.106. The van der Waals surface area contributed by atoms with E-state index in [1.807, 2.05) is 30.3 Å². The SMILES string of the molecule is O=C(CCCSc1ccccc1)NNC(=O)c1cccc([N+](=O)[O-])c1. The quantitative estimate of drug-likeness (QED) is 0.342. The smallest absolute Gasteiger partial charge is 0.270 e. The van der Waals surface area contributed by atoms with Gasteiger partial charge in [-0.2, -0.15) is 0 Å². The van der Waals surface area contributed by atoms with Crippen LogP contribution in [0.15, 0.2) is 59.5 Å². The number of hydrogen-bond acceptors (Lipinski definition) is 5. The average Bonchev–Trinajstić information content (AvgIpc) is 2.64. The summed E-state index contributed by atoms with van der Waals surface area (Å²) in [5.41, 5.74) is 4.49. The number of nitro groups is 1. The molecular formula is C17H17N3O4S. The van der Waals surface area contributed by atoms with Gasteiger partial charge in [0.2, 0.25) is 5.91 Å². The van der Waals surface area contributed by atoms with Gasteiger partial charge in [-0.25, -0.2) is 0 Å². The molecule has 0 aliphatic heterocycles. The monoisotopic (exact) mass is 359 g/mol. The second-order valence-electron chi connectivity index (χ2n) is 5.07. The lowest BCUT2D eigenvalue weighted by atomic mass is 10.2. The van der Waals surface area contributed by atoms with Crippen molar-refractivity contribution in [3.8, 4) is 0 Å². The Kier molecular flexibility index (Phi) is 6.97. The van der Waals surface area contributed by atoms with Crippen LogP contribution in [0, 0.1) is 10.1 Å². The maximum absolute atomic E-state index is 11.9. The first kappa shape index (κ1) is 18.5. The van der Waals surface area contributed by atoms with Crippen LogP contribution < -0.4 is 10.9 Å². The Balaban J connectivity index is 1.70. The van der Waals surface area contributed by atoms with E-state index >= 15 is 0 Å². The molecule has 0 aliphatic rings. The summed E-state index contributed by atoms with van der Waals surface area (Å²) in [6.07, 6.45) is 0.938. The Morgan fingerprint density at radius 2 is 1.80 bits per heavy atom. The predicted octanol–water partition coefficient (Wildman–Crippen LogP) is 2.93. The molecule has 2 aromatic carbocycles. The van der Waals surface area contributed by atoms with Gasteiger partial charge in [-0.15, -0.1) is 11.8 Å². The van der Waals surface area contributed by atoms with Crippen molar-refractivity contribution >= 4 is 29.3 Å². The molecule has 0 spiro atoms. The van der Waals surface area contributed by atoms with Crippen molar-refractivity contribution in [2.45, 2.75) is 17.7 Å². The summed E-state index contributed by atoms with van der Waals surface area (Å²) in [5, 5.41) is 10.7. The molecule has 2 amide bonds. The zero-order valence-electron chi connectivity index (χ0n) is 13.3. The Morgan fingerprint density at radius 3 is 2.52 bits per heavy atom. The van der Waals surface area contributed by atoms with Crippen LogP contribution in [0.2, 0.25) is 0 Å². The normalized spacial score (nSPS) is 10.1. The largest absolute Gasteiger partial charge is 0.273 e. The highest BCUT2D eigenvalue weighted by molar-refractivity contribution is 7.99. The van der Waals surface area contributed by atoms with Crippen LogP contribution in [0.25, 0.3) is 0 Å². The molecule has 2 aromatic rings. The van der Waals surface area contributed by atoms with Gasteiger partial charge in [-0.3, -0.25) is 30.6 Å². The minimum Gasteiger partial charge on any atom is -0.273 e. The number of thioether (sulfide) groups is 1. The number of rotatable bonds is 7. The van der Waals surface area contributed by atoms with Crippen molar-refractivity contribution in [1.29, 1.82) is 0 Å². The van der Waals surface area contributed by atoms with Crippen molar-refractivity contribution in [3.63, 3.8) is 0 Å². The maximum atomic E-state index is 11.9. The maximum Gasteiger partial charge on any atom is 0.270 e. The number of non-ortho nitro benzene ring substituents is 1. The van der Waals surface area contributed by atoms with Crippen LogP contribution in [0.4, 0.5) is 5.69 Å². The molecule has 25 heavy (non-hydrogen) atoms. The van der Waals surface area contributed by atoms with E-state index in [1.165, 1.54) is 18.2 Å². The topological polar surface area (TPSA) is 101 Å². The Labute approximate surface area is 148 Å². The highest BCUT2D eigenvalue weighted by atomic mass is 32.2. The molecule has 0 saturated carbocycles. The molecule has 0 fully saturated rings. The lowest BCUT2D eigenvalue weighted by Gasteiger charge is -2.07. The third-order valence-electron chi connectivity index (χ3n) is 3.19.